The third-order valence-corrected chi connectivity index (χ3v) is 3.39. The average molecular weight is 307 g/mol. The van der Waals surface area contributed by atoms with Crippen LogP contribution in [0.1, 0.15) is 0 Å². The molecule has 1 heterocycles. The van der Waals surface area contributed by atoms with E-state index < -0.39 is 0 Å². The number of hydrogen-bond donors (Lipinski definition) is 0. The van der Waals surface area contributed by atoms with E-state index in [9.17, 15) is 4.79 Å². The van der Waals surface area contributed by atoms with E-state index in [4.69, 9.17) is 19.2 Å². The van der Waals surface area contributed by atoms with Crippen molar-refractivity contribution in [2.45, 2.75) is 0 Å². The lowest BCUT2D eigenvalue weighted by atomic mass is 10.1. The first-order valence-electron chi connectivity index (χ1n) is 6.94. The van der Waals surface area contributed by atoms with Gasteiger partial charge in [0, 0.05) is 5.56 Å². The Kier molecular flexibility index (Phi) is 3.98. The SMILES string of the molecule is COc1ccc(-c2oc3ccccc3c(=O)c2OCC#N)cc1. The molecular formula is C18H13NO4. The number of benzene rings is 2. The Hall–Kier alpha value is -3.26. The third-order valence-electron chi connectivity index (χ3n) is 3.39. The van der Waals surface area contributed by atoms with Crippen LogP contribution in [0.2, 0.25) is 0 Å². The van der Waals surface area contributed by atoms with E-state index >= 15 is 0 Å². The predicted molar refractivity (Wildman–Crippen MR) is 85.6 cm³/mol. The number of nitriles is 1. The number of fused-ring (bicyclic) bond motifs is 1. The lowest BCUT2D eigenvalue weighted by molar-refractivity contribution is 0.356. The van der Waals surface area contributed by atoms with Crippen molar-refractivity contribution in [3.8, 4) is 28.9 Å². The molecule has 5 heteroatoms. The molecular weight excluding hydrogens is 294 g/mol. The molecule has 0 saturated carbocycles. The molecule has 1 aromatic heterocycles. The van der Waals surface area contributed by atoms with Crippen LogP contribution in [-0.4, -0.2) is 13.7 Å². The second-order valence-corrected chi connectivity index (χ2v) is 4.76. The van der Waals surface area contributed by atoms with Crippen molar-refractivity contribution >= 4 is 11.0 Å². The van der Waals surface area contributed by atoms with Crippen molar-refractivity contribution in [2.24, 2.45) is 0 Å². The Morgan fingerprint density at radius 1 is 1.13 bits per heavy atom. The van der Waals surface area contributed by atoms with Crippen molar-refractivity contribution in [3.63, 3.8) is 0 Å². The smallest absolute Gasteiger partial charge is 0.235 e. The molecule has 23 heavy (non-hydrogen) atoms. The van der Waals surface area contributed by atoms with Gasteiger partial charge in [-0.1, -0.05) is 12.1 Å². The van der Waals surface area contributed by atoms with Crippen molar-refractivity contribution in [2.75, 3.05) is 13.7 Å². The lowest BCUT2D eigenvalue weighted by Gasteiger charge is -2.10. The average Bonchev–Trinajstić information content (AvgIpc) is 2.61. The van der Waals surface area contributed by atoms with Crippen molar-refractivity contribution in [3.05, 3.63) is 58.8 Å². The van der Waals surface area contributed by atoms with E-state index in [0.29, 0.717) is 28.0 Å². The molecule has 0 bridgehead atoms. The quantitative estimate of drug-likeness (QED) is 0.739. The lowest BCUT2D eigenvalue weighted by Crippen LogP contribution is -2.10. The van der Waals surface area contributed by atoms with Crippen LogP contribution in [0.15, 0.2) is 57.7 Å². The minimum absolute atomic E-state index is 0.0374. The zero-order valence-corrected chi connectivity index (χ0v) is 12.4. The highest BCUT2D eigenvalue weighted by atomic mass is 16.5. The maximum Gasteiger partial charge on any atom is 0.235 e. The van der Waals surface area contributed by atoms with Crippen LogP contribution in [0.25, 0.3) is 22.3 Å². The van der Waals surface area contributed by atoms with Gasteiger partial charge in [0.15, 0.2) is 12.4 Å². The monoisotopic (exact) mass is 307 g/mol. The van der Waals surface area contributed by atoms with Crippen molar-refractivity contribution in [1.29, 1.82) is 5.26 Å². The van der Waals surface area contributed by atoms with Crippen LogP contribution in [0.5, 0.6) is 11.5 Å². The molecule has 5 nitrogen and oxygen atoms in total. The van der Waals surface area contributed by atoms with Gasteiger partial charge in [-0.3, -0.25) is 4.79 Å². The summed E-state index contributed by atoms with van der Waals surface area (Å²) in [6.07, 6.45) is 0. The van der Waals surface area contributed by atoms with E-state index in [1.807, 2.05) is 6.07 Å². The summed E-state index contributed by atoms with van der Waals surface area (Å²) in [5, 5.41) is 9.15. The van der Waals surface area contributed by atoms with Gasteiger partial charge in [0.2, 0.25) is 11.2 Å². The van der Waals surface area contributed by atoms with Gasteiger partial charge in [0.1, 0.15) is 17.4 Å². The second-order valence-electron chi connectivity index (χ2n) is 4.76. The number of methoxy groups -OCH3 is 1. The largest absolute Gasteiger partial charge is 0.497 e. The molecule has 3 rings (SSSR count). The first kappa shape index (κ1) is 14.7. The van der Waals surface area contributed by atoms with Crippen LogP contribution < -0.4 is 14.9 Å². The van der Waals surface area contributed by atoms with E-state index in [1.54, 1.807) is 55.6 Å². The van der Waals surface area contributed by atoms with Gasteiger partial charge in [-0.25, -0.2) is 0 Å². The maximum atomic E-state index is 12.6. The summed E-state index contributed by atoms with van der Waals surface area (Å²) in [5.74, 6) is 1.03. The first-order chi connectivity index (χ1) is 11.2. The highest BCUT2D eigenvalue weighted by Gasteiger charge is 2.17. The molecule has 0 N–H and O–H groups in total. The number of rotatable bonds is 4. The Bertz CT molecular complexity index is 936. The summed E-state index contributed by atoms with van der Waals surface area (Å²) in [6.45, 7) is -0.230. The second kappa shape index (κ2) is 6.24. The van der Waals surface area contributed by atoms with Gasteiger partial charge >= 0.3 is 0 Å². The van der Waals surface area contributed by atoms with Gasteiger partial charge < -0.3 is 13.9 Å². The molecule has 0 saturated heterocycles. The summed E-state index contributed by atoms with van der Waals surface area (Å²) < 4.78 is 16.3. The molecule has 3 aromatic rings. The van der Waals surface area contributed by atoms with Crippen LogP contribution >= 0.6 is 0 Å². The molecule has 0 unspecified atom stereocenters. The Morgan fingerprint density at radius 2 is 1.87 bits per heavy atom. The minimum atomic E-state index is -0.298. The molecule has 0 radical (unpaired) electrons. The van der Waals surface area contributed by atoms with E-state index in [1.165, 1.54) is 0 Å². The summed E-state index contributed by atoms with van der Waals surface area (Å²) in [6, 6.07) is 15.9. The fourth-order valence-electron chi connectivity index (χ4n) is 2.29. The molecule has 0 amide bonds. The first-order valence-corrected chi connectivity index (χ1v) is 6.94. The fraction of sp³-hybridized carbons (Fsp3) is 0.111. The summed E-state index contributed by atoms with van der Waals surface area (Å²) >= 11 is 0. The van der Waals surface area contributed by atoms with Gasteiger partial charge in [-0.15, -0.1) is 0 Å². The van der Waals surface area contributed by atoms with Crippen LogP contribution in [0.3, 0.4) is 0 Å². The maximum absolute atomic E-state index is 12.6. The van der Waals surface area contributed by atoms with Crippen LogP contribution in [0, 0.1) is 11.3 Å². The molecule has 0 fully saturated rings. The predicted octanol–water partition coefficient (Wildman–Crippen LogP) is 3.37. The van der Waals surface area contributed by atoms with Gasteiger partial charge in [-0.2, -0.15) is 5.26 Å². The summed E-state index contributed by atoms with van der Waals surface area (Å²) in [4.78, 5) is 12.6. The van der Waals surface area contributed by atoms with Gasteiger partial charge in [-0.05, 0) is 36.4 Å². The highest BCUT2D eigenvalue weighted by molar-refractivity contribution is 5.82. The molecule has 2 aromatic carbocycles. The van der Waals surface area contributed by atoms with Gasteiger partial charge in [0.25, 0.3) is 0 Å². The highest BCUT2D eigenvalue weighted by Crippen LogP contribution is 2.31. The van der Waals surface area contributed by atoms with Gasteiger partial charge in [0.05, 0.1) is 12.5 Å². The topological polar surface area (TPSA) is 72.5 Å². The number of nitrogens with zero attached hydrogens (tertiary/aromatic N) is 1. The normalized spacial score (nSPS) is 10.3. The minimum Gasteiger partial charge on any atom is -0.497 e. The fourth-order valence-corrected chi connectivity index (χ4v) is 2.29. The molecule has 0 aliphatic rings. The van der Waals surface area contributed by atoms with E-state index in [-0.39, 0.29) is 17.8 Å². The Balaban J connectivity index is 2.24. The standard InChI is InChI=1S/C18H13NO4/c1-21-13-8-6-12(7-9-13)17-18(22-11-10-19)16(20)14-4-2-3-5-15(14)23-17/h2-9H,11H2,1H3. The van der Waals surface area contributed by atoms with E-state index in [2.05, 4.69) is 0 Å². The number of hydrogen-bond acceptors (Lipinski definition) is 5. The van der Waals surface area contributed by atoms with Crippen LogP contribution in [-0.2, 0) is 0 Å². The van der Waals surface area contributed by atoms with E-state index in [0.717, 1.165) is 0 Å². The van der Waals surface area contributed by atoms with Crippen LogP contribution in [0.4, 0.5) is 0 Å². The molecule has 0 spiro atoms. The van der Waals surface area contributed by atoms with Crippen molar-refractivity contribution < 1.29 is 13.9 Å². The number of para-hydroxylation sites is 1. The Morgan fingerprint density at radius 3 is 2.57 bits per heavy atom. The third kappa shape index (κ3) is 2.74. The molecule has 0 aliphatic carbocycles. The van der Waals surface area contributed by atoms with Crippen molar-refractivity contribution in [1.82, 2.24) is 0 Å². The molecule has 0 aliphatic heterocycles. The number of ether oxygens (including phenoxy) is 2. The Labute approximate surface area is 132 Å². The summed E-state index contributed by atoms with van der Waals surface area (Å²) in [5.41, 5.74) is 0.835. The summed E-state index contributed by atoms with van der Waals surface area (Å²) in [7, 11) is 1.58. The zero-order valence-electron chi connectivity index (χ0n) is 12.4. The molecule has 0 atom stereocenters. The zero-order chi connectivity index (χ0) is 16.2. The molecule has 114 valence electrons.